The van der Waals surface area contributed by atoms with Gasteiger partial charge in [-0.1, -0.05) is 26.0 Å². The topological polar surface area (TPSA) is 69.8 Å². The molecule has 0 aliphatic carbocycles. The van der Waals surface area contributed by atoms with Gasteiger partial charge >= 0.3 is 0 Å². The van der Waals surface area contributed by atoms with E-state index in [-0.39, 0.29) is 5.91 Å². The number of fused-ring (bicyclic) bond motifs is 1. The van der Waals surface area contributed by atoms with E-state index >= 15 is 0 Å². The normalized spacial score (nSPS) is 14.0. The Kier molecular flexibility index (Phi) is 3.75. The van der Waals surface area contributed by atoms with Crippen LogP contribution in [0.5, 0.6) is 0 Å². The van der Waals surface area contributed by atoms with E-state index in [1.54, 1.807) is 0 Å². The maximum atomic E-state index is 12.5. The van der Waals surface area contributed by atoms with Crippen LogP contribution in [0.2, 0.25) is 0 Å². The average Bonchev–Trinajstić information content (AvgIpc) is 2.95. The summed E-state index contributed by atoms with van der Waals surface area (Å²) in [7, 11) is 0. The summed E-state index contributed by atoms with van der Waals surface area (Å²) in [5.41, 5.74) is 4.12. The Morgan fingerprint density at radius 2 is 2.24 bits per heavy atom. The molecule has 2 aromatic rings. The molecule has 0 bridgehead atoms. The number of anilines is 1. The van der Waals surface area contributed by atoms with Crippen molar-refractivity contribution >= 4 is 11.7 Å². The lowest BCUT2D eigenvalue weighted by Crippen LogP contribution is -2.26. The number of aromatic amines is 1. The van der Waals surface area contributed by atoms with Gasteiger partial charge in [-0.05, 0) is 36.1 Å². The van der Waals surface area contributed by atoms with E-state index in [0.717, 1.165) is 36.3 Å². The first-order chi connectivity index (χ1) is 10.1. The molecule has 1 aromatic carbocycles. The second-order valence-electron chi connectivity index (χ2n) is 5.69. The van der Waals surface area contributed by atoms with Crippen LogP contribution in [-0.4, -0.2) is 22.6 Å². The Bertz CT molecular complexity index is 660. The van der Waals surface area contributed by atoms with E-state index in [9.17, 15) is 4.79 Å². The second kappa shape index (κ2) is 5.69. The van der Waals surface area contributed by atoms with Crippen molar-refractivity contribution in [1.29, 1.82) is 0 Å². The van der Waals surface area contributed by atoms with Crippen molar-refractivity contribution in [3.8, 4) is 0 Å². The predicted octanol–water partition coefficient (Wildman–Crippen LogP) is 2.43. The first-order valence-corrected chi connectivity index (χ1v) is 7.33. The summed E-state index contributed by atoms with van der Waals surface area (Å²) in [6.07, 6.45) is 0.886. The average molecular weight is 284 g/mol. The highest BCUT2D eigenvalue weighted by Gasteiger charge is 2.18. The zero-order valence-electron chi connectivity index (χ0n) is 12.4. The van der Waals surface area contributed by atoms with Crippen molar-refractivity contribution in [3.63, 3.8) is 0 Å². The molecule has 0 atom stereocenters. The highest BCUT2D eigenvalue weighted by molar-refractivity contribution is 6.05. The zero-order valence-corrected chi connectivity index (χ0v) is 12.4. The van der Waals surface area contributed by atoms with Crippen molar-refractivity contribution in [2.24, 2.45) is 0 Å². The van der Waals surface area contributed by atoms with Crippen molar-refractivity contribution in [1.82, 2.24) is 15.5 Å². The number of aromatic nitrogens is 2. The highest BCUT2D eigenvalue weighted by atomic mass is 16.1. The van der Waals surface area contributed by atoms with Crippen LogP contribution in [-0.2, 0) is 13.0 Å². The summed E-state index contributed by atoms with van der Waals surface area (Å²) in [4.78, 5) is 12.5. The molecule has 110 valence electrons. The number of H-pyrrole nitrogens is 1. The van der Waals surface area contributed by atoms with Gasteiger partial charge in [0.05, 0.1) is 0 Å². The molecular weight excluding hydrogens is 264 g/mol. The van der Waals surface area contributed by atoms with Crippen LogP contribution in [0, 0.1) is 0 Å². The van der Waals surface area contributed by atoms with E-state index in [2.05, 4.69) is 40.7 Å². The third kappa shape index (κ3) is 2.83. The van der Waals surface area contributed by atoms with Crippen LogP contribution in [0.4, 0.5) is 5.82 Å². The molecule has 0 fully saturated rings. The number of rotatable bonds is 3. The molecule has 5 nitrogen and oxygen atoms in total. The van der Waals surface area contributed by atoms with Crippen LogP contribution >= 0.6 is 0 Å². The number of hydrogen-bond acceptors (Lipinski definition) is 3. The van der Waals surface area contributed by atoms with Gasteiger partial charge in [0, 0.05) is 23.9 Å². The number of amides is 1. The number of benzene rings is 1. The smallest absolute Gasteiger partial charge is 0.257 e. The lowest BCUT2D eigenvalue weighted by atomic mass is 9.95. The molecule has 1 aliphatic heterocycles. The van der Waals surface area contributed by atoms with Crippen LogP contribution in [0.1, 0.15) is 46.9 Å². The molecule has 1 aliphatic rings. The molecule has 0 saturated heterocycles. The first-order valence-electron chi connectivity index (χ1n) is 7.33. The Morgan fingerprint density at radius 1 is 1.38 bits per heavy atom. The van der Waals surface area contributed by atoms with Gasteiger partial charge in [0.25, 0.3) is 5.91 Å². The monoisotopic (exact) mass is 284 g/mol. The number of carbonyl (C=O) groups excluding carboxylic acids is 1. The molecule has 5 heteroatoms. The fourth-order valence-corrected chi connectivity index (χ4v) is 2.62. The Hall–Kier alpha value is -2.14. The van der Waals surface area contributed by atoms with Gasteiger partial charge in [-0.3, -0.25) is 9.89 Å². The standard InChI is InChI=1S/C16H20N4O/c1-10(2)14-8-15(20-19-14)18-16(21)13-5-3-4-11-9-17-7-6-12(11)13/h3-5,8,10,17H,6-7,9H2,1-2H3,(H2,18,19,20,21). The SMILES string of the molecule is CC(C)c1cc(NC(=O)c2cccc3c2CCNC3)n[nH]1. The highest BCUT2D eigenvalue weighted by Crippen LogP contribution is 2.20. The minimum Gasteiger partial charge on any atom is -0.312 e. The molecule has 0 spiro atoms. The van der Waals surface area contributed by atoms with E-state index < -0.39 is 0 Å². The summed E-state index contributed by atoms with van der Waals surface area (Å²) >= 11 is 0. The Balaban J connectivity index is 1.82. The van der Waals surface area contributed by atoms with Crippen LogP contribution in [0.3, 0.4) is 0 Å². The van der Waals surface area contributed by atoms with Crippen molar-refractivity contribution in [3.05, 3.63) is 46.6 Å². The quantitative estimate of drug-likeness (QED) is 0.810. The maximum Gasteiger partial charge on any atom is 0.257 e. The summed E-state index contributed by atoms with van der Waals surface area (Å²) in [5, 5.41) is 13.3. The minimum atomic E-state index is -0.0874. The molecule has 3 rings (SSSR count). The maximum absolute atomic E-state index is 12.5. The number of carbonyl (C=O) groups is 1. The molecule has 1 amide bonds. The largest absolute Gasteiger partial charge is 0.312 e. The predicted molar refractivity (Wildman–Crippen MR) is 82.5 cm³/mol. The molecule has 3 N–H and O–H groups in total. The van der Waals surface area contributed by atoms with Crippen LogP contribution < -0.4 is 10.6 Å². The van der Waals surface area contributed by atoms with E-state index in [4.69, 9.17) is 0 Å². The summed E-state index contributed by atoms with van der Waals surface area (Å²) in [6, 6.07) is 7.78. The third-order valence-electron chi connectivity index (χ3n) is 3.85. The number of hydrogen-bond donors (Lipinski definition) is 3. The van der Waals surface area contributed by atoms with Crippen molar-refractivity contribution in [2.45, 2.75) is 32.7 Å². The molecule has 0 saturated carbocycles. The summed E-state index contributed by atoms with van der Waals surface area (Å²) in [6.45, 7) is 5.91. The van der Waals surface area contributed by atoms with E-state index in [1.165, 1.54) is 5.56 Å². The molecular formula is C16H20N4O. The van der Waals surface area contributed by atoms with Gasteiger partial charge in [-0.15, -0.1) is 0 Å². The van der Waals surface area contributed by atoms with E-state index in [1.807, 2.05) is 18.2 Å². The van der Waals surface area contributed by atoms with Gasteiger partial charge in [0.2, 0.25) is 0 Å². The van der Waals surface area contributed by atoms with Crippen LogP contribution in [0.25, 0.3) is 0 Å². The molecule has 1 aromatic heterocycles. The lowest BCUT2D eigenvalue weighted by Gasteiger charge is -2.19. The minimum absolute atomic E-state index is 0.0874. The zero-order chi connectivity index (χ0) is 14.8. The fraction of sp³-hybridized carbons (Fsp3) is 0.375. The molecule has 0 radical (unpaired) electrons. The van der Waals surface area contributed by atoms with Crippen molar-refractivity contribution in [2.75, 3.05) is 11.9 Å². The van der Waals surface area contributed by atoms with Crippen LogP contribution in [0.15, 0.2) is 24.3 Å². The van der Waals surface area contributed by atoms with Gasteiger partial charge in [0.1, 0.15) is 0 Å². The molecule has 0 unspecified atom stereocenters. The summed E-state index contributed by atoms with van der Waals surface area (Å²) in [5.74, 6) is 0.851. The second-order valence-corrected chi connectivity index (χ2v) is 5.69. The lowest BCUT2D eigenvalue weighted by molar-refractivity contribution is 0.102. The van der Waals surface area contributed by atoms with Crippen molar-refractivity contribution < 1.29 is 4.79 Å². The van der Waals surface area contributed by atoms with Gasteiger partial charge < -0.3 is 10.6 Å². The molecule has 21 heavy (non-hydrogen) atoms. The van der Waals surface area contributed by atoms with E-state index in [0.29, 0.717) is 11.7 Å². The number of nitrogens with one attached hydrogen (secondary N) is 3. The molecule has 2 heterocycles. The Labute approximate surface area is 124 Å². The fourth-order valence-electron chi connectivity index (χ4n) is 2.62. The number of nitrogens with zero attached hydrogens (tertiary/aromatic N) is 1. The first kappa shape index (κ1) is 13.8. The van der Waals surface area contributed by atoms with Gasteiger partial charge in [0.15, 0.2) is 5.82 Å². The Morgan fingerprint density at radius 3 is 3.00 bits per heavy atom. The van der Waals surface area contributed by atoms with Gasteiger partial charge in [-0.2, -0.15) is 5.10 Å². The summed E-state index contributed by atoms with van der Waals surface area (Å²) < 4.78 is 0. The third-order valence-corrected chi connectivity index (χ3v) is 3.85. The van der Waals surface area contributed by atoms with Gasteiger partial charge in [-0.25, -0.2) is 0 Å².